The van der Waals surface area contributed by atoms with Gasteiger partial charge >= 0.3 is 0 Å². The standard InChI is InChI=1S/C20H24N2O3S/c1-15(22-12-11-16-5-3-4-6-18(16)14-22)13-21-20(23)17-7-9-19(10-8-17)26(2,24)25/h3-10,15H,11-14H2,1-2H3,(H,21,23)/t15-/m1/s1. The van der Waals surface area contributed by atoms with Crippen LogP contribution in [-0.2, 0) is 22.8 Å². The molecule has 1 atom stereocenters. The topological polar surface area (TPSA) is 66.5 Å². The maximum absolute atomic E-state index is 12.3. The first kappa shape index (κ1) is 18.6. The van der Waals surface area contributed by atoms with E-state index in [1.165, 1.54) is 23.3 Å². The molecule has 1 aliphatic rings. The van der Waals surface area contributed by atoms with Crippen molar-refractivity contribution in [1.29, 1.82) is 0 Å². The van der Waals surface area contributed by atoms with E-state index < -0.39 is 9.84 Å². The molecule has 0 fully saturated rings. The molecule has 0 radical (unpaired) electrons. The fourth-order valence-corrected chi connectivity index (χ4v) is 3.85. The molecular formula is C20H24N2O3S. The first-order chi connectivity index (χ1) is 12.3. The zero-order valence-electron chi connectivity index (χ0n) is 15.1. The van der Waals surface area contributed by atoms with Crippen LogP contribution in [0.5, 0.6) is 0 Å². The van der Waals surface area contributed by atoms with Crippen LogP contribution in [0.4, 0.5) is 0 Å². The van der Waals surface area contributed by atoms with Crippen molar-refractivity contribution in [2.75, 3.05) is 19.3 Å². The fourth-order valence-electron chi connectivity index (χ4n) is 3.22. The van der Waals surface area contributed by atoms with Gasteiger partial charge in [-0.3, -0.25) is 9.69 Å². The molecule has 0 spiro atoms. The van der Waals surface area contributed by atoms with Gasteiger partial charge in [0.25, 0.3) is 5.91 Å². The summed E-state index contributed by atoms with van der Waals surface area (Å²) >= 11 is 0. The number of nitrogens with zero attached hydrogens (tertiary/aromatic N) is 1. The third-order valence-corrected chi connectivity index (χ3v) is 6.01. The Morgan fingerprint density at radius 1 is 1.12 bits per heavy atom. The van der Waals surface area contributed by atoms with E-state index >= 15 is 0 Å². The van der Waals surface area contributed by atoms with E-state index in [2.05, 4.69) is 41.4 Å². The summed E-state index contributed by atoms with van der Waals surface area (Å²) in [4.78, 5) is 14.9. The summed E-state index contributed by atoms with van der Waals surface area (Å²) in [5, 5.41) is 2.95. The SMILES string of the molecule is C[C@H](CNC(=O)c1ccc(S(C)(=O)=O)cc1)N1CCc2ccccc2C1. The van der Waals surface area contributed by atoms with Crippen LogP contribution in [0.15, 0.2) is 53.4 Å². The molecule has 2 aromatic carbocycles. The van der Waals surface area contributed by atoms with Gasteiger partial charge in [-0.1, -0.05) is 24.3 Å². The lowest BCUT2D eigenvalue weighted by Gasteiger charge is -2.33. The summed E-state index contributed by atoms with van der Waals surface area (Å²) in [7, 11) is -3.25. The maximum Gasteiger partial charge on any atom is 0.251 e. The van der Waals surface area contributed by atoms with Crippen LogP contribution in [-0.4, -0.2) is 44.6 Å². The minimum atomic E-state index is -3.25. The van der Waals surface area contributed by atoms with Crippen molar-refractivity contribution in [1.82, 2.24) is 10.2 Å². The Morgan fingerprint density at radius 2 is 1.77 bits per heavy atom. The monoisotopic (exact) mass is 372 g/mol. The van der Waals surface area contributed by atoms with Gasteiger partial charge < -0.3 is 5.32 Å². The lowest BCUT2D eigenvalue weighted by Crippen LogP contribution is -2.44. The van der Waals surface area contributed by atoms with Gasteiger partial charge in [0, 0.05) is 37.5 Å². The molecule has 5 nitrogen and oxygen atoms in total. The second-order valence-corrected chi connectivity index (χ2v) is 8.86. The molecule has 6 heteroatoms. The minimum Gasteiger partial charge on any atom is -0.350 e. The molecule has 0 bridgehead atoms. The molecule has 0 saturated heterocycles. The summed E-state index contributed by atoms with van der Waals surface area (Å²) in [5.41, 5.74) is 3.23. The molecule has 26 heavy (non-hydrogen) atoms. The number of nitrogens with one attached hydrogen (secondary N) is 1. The minimum absolute atomic E-state index is 0.186. The largest absolute Gasteiger partial charge is 0.350 e. The predicted octanol–water partition coefficient (Wildman–Crippen LogP) is 2.27. The molecule has 2 aromatic rings. The number of sulfone groups is 1. The van der Waals surface area contributed by atoms with Gasteiger partial charge in [-0.15, -0.1) is 0 Å². The molecule has 1 aliphatic heterocycles. The van der Waals surface area contributed by atoms with Crippen molar-refractivity contribution in [2.24, 2.45) is 0 Å². The summed E-state index contributed by atoms with van der Waals surface area (Å²) in [6.07, 6.45) is 2.18. The Balaban J connectivity index is 1.56. The molecule has 1 N–H and O–H groups in total. The van der Waals surface area contributed by atoms with Crippen molar-refractivity contribution in [3.05, 3.63) is 65.2 Å². The second-order valence-electron chi connectivity index (χ2n) is 6.84. The highest BCUT2D eigenvalue weighted by atomic mass is 32.2. The Labute approximate surface area is 154 Å². The van der Waals surface area contributed by atoms with Crippen LogP contribution >= 0.6 is 0 Å². The van der Waals surface area contributed by atoms with Gasteiger partial charge in [0.15, 0.2) is 9.84 Å². The Kier molecular flexibility index (Phi) is 5.44. The fraction of sp³-hybridized carbons (Fsp3) is 0.350. The molecule has 138 valence electrons. The van der Waals surface area contributed by atoms with Gasteiger partial charge in [-0.25, -0.2) is 8.42 Å². The number of benzene rings is 2. The molecule has 3 rings (SSSR count). The van der Waals surface area contributed by atoms with E-state index in [-0.39, 0.29) is 16.8 Å². The summed E-state index contributed by atoms with van der Waals surface area (Å²) < 4.78 is 23.0. The molecule has 0 unspecified atom stereocenters. The summed E-state index contributed by atoms with van der Waals surface area (Å²) in [6, 6.07) is 14.7. The number of carbonyl (C=O) groups excluding carboxylic acids is 1. The average molecular weight is 372 g/mol. The Morgan fingerprint density at radius 3 is 2.42 bits per heavy atom. The van der Waals surface area contributed by atoms with Gasteiger partial charge in [-0.05, 0) is 48.7 Å². The molecule has 1 amide bonds. The van der Waals surface area contributed by atoms with Crippen LogP contribution in [0.2, 0.25) is 0 Å². The van der Waals surface area contributed by atoms with Crippen molar-refractivity contribution < 1.29 is 13.2 Å². The normalized spacial score (nSPS) is 15.9. The second kappa shape index (κ2) is 7.60. The van der Waals surface area contributed by atoms with Gasteiger partial charge in [0.2, 0.25) is 0 Å². The number of fused-ring (bicyclic) bond motifs is 1. The van der Waals surface area contributed by atoms with Crippen LogP contribution < -0.4 is 5.32 Å². The lowest BCUT2D eigenvalue weighted by atomic mass is 9.99. The smallest absolute Gasteiger partial charge is 0.251 e. The maximum atomic E-state index is 12.3. The number of rotatable bonds is 5. The zero-order chi connectivity index (χ0) is 18.7. The zero-order valence-corrected chi connectivity index (χ0v) is 15.9. The van der Waals surface area contributed by atoms with Gasteiger partial charge in [0.1, 0.15) is 0 Å². The van der Waals surface area contributed by atoms with E-state index in [4.69, 9.17) is 0 Å². The van der Waals surface area contributed by atoms with Crippen molar-refractivity contribution >= 4 is 15.7 Å². The predicted molar refractivity (Wildman–Crippen MR) is 102 cm³/mol. The quantitative estimate of drug-likeness (QED) is 0.874. The highest BCUT2D eigenvalue weighted by Crippen LogP contribution is 2.20. The van der Waals surface area contributed by atoms with E-state index in [9.17, 15) is 13.2 Å². The van der Waals surface area contributed by atoms with Crippen molar-refractivity contribution in [2.45, 2.75) is 30.8 Å². The van der Waals surface area contributed by atoms with E-state index in [0.717, 1.165) is 25.8 Å². The molecule has 0 aromatic heterocycles. The molecular weight excluding hydrogens is 348 g/mol. The molecule has 1 heterocycles. The summed E-state index contributed by atoms with van der Waals surface area (Å²) in [5.74, 6) is -0.186. The number of amides is 1. The van der Waals surface area contributed by atoms with E-state index in [1.807, 2.05) is 0 Å². The lowest BCUT2D eigenvalue weighted by molar-refractivity contribution is 0.0932. The van der Waals surface area contributed by atoms with Crippen molar-refractivity contribution in [3.8, 4) is 0 Å². The van der Waals surface area contributed by atoms with Gasteiger partial charge in [0.05, 0.1) is 4.90 Å². The van der Waals surface area contributed by atoms with E-state index in [0.29, 0.717) is 12.1 Å². The third-order valence-electron chi connectivity index (χ3n) is 4.89. The first-order valence-corrected chi connectivity index (χ1v) is 10.6. The van der Waals surface area contributed by atoms with E-state index in [1.54, 1.807) is 12.1 Å². The van der Waals surface area contributed by atoms with Crippen molar-refractivity contribution in [3.63, 3.8) is 0 Å². The number of hydrogen-bond acceptors (Lipinski definition) is 4. The van der Waals surface area contributed by atoms with Crippen LogP contribution in [0, 0.1) is 0 Å². The third kappa shape index (κ3) is 4.31. The van der Waals surface area contributed by atoms with Crippen LogP contribution in [0.1, 0.15) is 28.4 Å². The van der Waals surface area contributed by atoms with Crippen LogP contribution in [0.25, 0.3) is 0 Å². The average Bonchev–Trinajstić information content (AvgIpc) is 2.64. The Bertz CT molecular complexity index is 892. The number of hydrogen-bond donors (Lipinski definition) is 1. The first-order valence-electron chi connectivity index (χ1n) is 8.74. The summed E-state index contributed by atoms with van der Waals surface area (Å²) in [6.45, 7) is 4.54. The van der Waals surface area contributed by atoms with Gasteiger partial charge in [-0.2, -0.15) is 0 Å². The molecule has 0 saturated carbocycles. The molecule has 0 aliphatic carbocycles. The number of carbonyl (C=O) groups is 1. The van der Waals surface area contributed by atoms with Crippen LogP contribution in [0.3, 0.4) is 0 Å². The Hall–Kier alpha value is -2.18. The highest BCUT2D eigenvalue weighted by molar-refractivity contribution is 7.90. The highest BCUT2D eigenvalue weighted by Gasteiger charge is 2.21.